The summed E-state index contributed by atoms with van der Waals surface area (Å²) in [5.41, 5.74) is 0.333. The molecule has 1 saturated heterocycles. The molecule has 0 spiro atoms. The van der Waals surface area contributed by atoms with E-state index in [0.29, 0.717) is 25.1 Å². The number of Topliss-reactive ketones (excluding diaryl/α,β-unsaturated/α-hetero) is 1. The third-order valence-electron chi connectivity index (χ3n) is 3.42. The molecule has 0 aromatic heterocycles. The van der Waals surface area contributed by atoms with Crippen LogP contribution in [-0.4, -0.2) is 55.2 Å². The number of nitrogens with zero attached hydrogens (tertiary/aromatic N) is 2. The van der Waals surface area contributed by atoms with Gasteiger partial charge in [0.15, 0.2) is 15.6 Å². The fourth-order valence-corrected chi connectivity index (χ4v) is 3.52. The first-order valence-electron chi connectivity index (χ1n) is 6.58. The third-order valence-corrected chi connectivity index (χ3v) is 5.13. The topological polar surface area (TPSA) is 97.6 Å². The van der Waals surface area contributed by atoms with E-state index in [0.717, 1.165) is 0 Å². The van der Waals surface area contributed by atoms with Crippen LogP contribution in [0.25, 0.3) is 0 Å². The molecule has 1 fully saturated rings. The number of rotatable bonds is 4. The van der Waals surface area contributed by atoms with Gasteiger partial charge in [-0.05, 0) is 25.1 Å². The Bertz CT molecular complexity index is 639. The largest absolute Gasteiger partial charge is 0.295 e. The summed E-state index contributed by atoms with van der Waals surface area (Å²) in [6.07, 6.45) is 0.524. The zero-order chi connectivity index (χ0) is 15.5. The highest BCUT2D eigenvalue weighted by Gasteiger charge is 2.21. The molecule has 1 heterocycles. The summed E-state index contributed by atoms with van der Waals surface area (Å²) < 4.78 is 23.0. The van der Waals surface area contributed by atoms with Crippen molar-refractivity contribution in [2.75, 3.05) is 31.1 Å². The lowest BCUT2D eigenvalue weighted by atomic mass is 10.1. The van der Waals surface area contributed by atoms with Crippen LogP contribution in [0.4, 0.5) is 5.69 Å². The van der Waals surface area contributed by atoms with Crippen LogP contribution in [0.1, 0.15) is 16.8 Å². The molecular weight excluding hydrogens is 296 g/mol. The lowest BCUT2D eigenvalue weighted by Crippen LogP contribution is -2.32. The molecule has 0 saturated carbocycles. The van der Waals surface area contributed by atoms with Crippen LogP contribution >= 0.6 is 0 Å². The molecule has 0 amide bonds. The fraction of sp³-hybridized carbons (Fsp3) is 0.462. The van der Waals surface area contributed by atoms with Crippen LogP contribution < -0.4 is 0 Å². The maximum absolute atomic E-state index is 12.1. The Morgan fingerprint density at radius 1 is 1.19 bits per heavy atom. The molecule has 0 unspecified atom stereocenters. The van der Waals surface area contributed by atoms with Crippen LogP contribution in [0.2, 0.25) is 0 Å². The molecule has 21 heavy (non-hydrogen) atoms. The van der Waals surface area contributed by atoms with Crippen LogP contribution in [0.5, 0.6) is 0 Å². The number of hydrogen-bond acceptors (Lipinski definition) is 6. The highest BCUT2D eigenvalue weighted by atomic mass is 32.2. The predicted molar refractivity (Wildman–Crippen MR) is 77.1 cm³/mol. The van der Waals surface area contributed by atoms with E-state index in [-0.39, 0.29) is 29.5 Å². The first kappa shape index (κ1) is 15.6. The van der Waals surface area contributed by atoms with Gasteiger partial charge in [-0.25, -0.2) is 8.42 Å². The minimum Gasteiger partial charge on any atom is -0.295 e. The van der Waals surface area contributed by atoms with E-state index in [1.165, 1.54) is 24.3 Å². The summed E-state index contributed by atoms with van der Waals surface area (Å²) in [5.74, 6) is 0.0691. The second kappa shape index (κ2) is 6.31. The number of carbonyl (C=O) groups excluding carboxylic acids is 1. The van der Waals surface area contributed by atoms with Crippen molar-refractivity contribution in [3.63, 3.8) is 0 Å². The van der Waals surface area contributed by atoms with Crippen LogP contribution in [0.3, 0.4) is 0 Å². The maximum Gasteiger partial charge on any atom is 0.269 e. The van der Waals surface area contributed by atoms with E-state index < -0.39 is 14.8 Å². The zero-order valence-electron chi connectivity index (χ0n) is 11.4. The molecule has 1 aromatic rings. The molecule has 114 valence electrons. The molecule has 0 aliphatic carbocycles. The van der Waals surface area contributed by atoms with E-state index in [1.54, 1.807) is 0 Å². The Labute approximate surface area is 122 Å². The summed E-state index contributed by atoms with van der Waals surface area (Å²) in [6, 6.07) is 5.43. The normalized spacial score (nSPS) is 18.9. The Hall–Kier alpha value is -1.80. The number of carbonyl (C=O) groups is 1. The van der Waals surface area contributed by atoms with Crippen molar-refractivity contribution in [2.24, 2.45) is 0 Å². The van der Waals surface area contributed by atoms with E-state index in [2.05, 4.69) is 0 Å². The van der Waals surface area contributed by atoms with Crippen molar-refractivity contribution < 1.29 is 18.1 Å². The van der Waals surface area contributed by atoms with Gasteiger partial charge in [0.05, 0.1) is 23.0 Å². The van der Waals surface area contributed by atoms with Gasteiger partial charge in [-0.1, -0.05) is 0 Å². The van der Waals surface area contributed by atoms with Crippen LogP contribution in [0, 0.1) is 10.1 Å². The summed E-state index contributed by atoms with van der Waals surface area (Å²) in [5, 5.41) is 10.6. The highest BCUT2D eigenvalue weighted by molar-refractivity contribution is 7.91. The summed E-state index contributed by atoms with van der Waals surface area (Å²) in [4.78, 5) is 24.0. The van der Waals surface area contributed by atoms with Crippen LogP contribution in [-0.2, 0) is 9.84 Å². The smallest absolute Gasteiger partial charge is 0.269 e. The molecule has 0 N–H and O–H groups in total. The fourth-order valence-electron chi connectivity index (χ4n) is 2.21. The SMILES string of the molecule is O=C(CN1CCCS(=O)(=O)CC1)c1ccc([N+](=O)[O-])cc1. The first-order chi connectivity index (χ1) is 9.87. The Morgan fingerprint density at radius 2 is 1.86 bits per heavy atom. The number of hydrogen-bond donors (Lipinski definition) is 0. The molecular formula is C13H16N2O5S. The van der Waals surface area contributed by atoms with Crippen molar-refractivity contribution >= 4 is 21.3 Å². The zero-order valence-corrected chi connectivity index (χ0v) is 12.2. The molecule has 7 nitrogen and oxygen atoms in total. The molecule has 0 bridgehead atoms. The number of non-ortho nitro benzene ring substituents is 1. The molecule has 0 radical (unpaired) electrons. The molecule has 1 aliphatic heterocycles. The molecule has 0 atom stereocenters. The summed E-state index contributed by atoms with van der Waals surface area (Å²) >= 11 is 0. The van der Waals surface area contributed by atoms with Gasteiger partial charge < -0.3 is 0 Å². The predicted octanol–water partition coefficient (Wildman–Crippen LogP) is 0.898. The lowest BCUT2D eigenvalue weighted by Gasteiger charge is -2.17. The van der Waals surface area contributed by atoms with Gasteiger partial charge in [-0.2, -0.15) is 0 Å². The Balaban J connectivity index is 1.99. The first-order valence-corrected chi connectivity index (χ1v) is 8.40. The van der Waals surface area contributed by atoms with Crippen molar-refractivity contribution in [1.82, 2.24) is 4.90 Å². The second-order valence-corrected chi connectivity index (χ2v) is 7.31. The highest BCUT2D eigenvalue weighted by Crippen LogP contribution is 2.13. The van der Waals surface area contributed by atoms with Gasteiger partial charge in [0.1, 0.15) is 0 Å². The second-order valence-electron chi connectivity index (χ2n) is 5.01. The quantitative estimate of drug-likeness (QED) is 0.465. The molecule has 1 aromatic carbocycles. The van der Waals surface area contributed by atoms with Gasteiger partial charge in [-0.15, -0.1) is 0 Å². The number of benzene rings is 1. The van der Waals surface area contributed by atoms with Gasteiger partial charge in [0.25, 0.3) is 5.69 Å². The van der Waals surface area contributed by atoms with Crippen molar-refractivity contribution in [1.29, 1.82) is 0 Å². The number of sulfone groups is 1. The minimum atomic E-state index is -3.00. The summed E-state index contributed by atoms with van der Waals surface area (Å²) in [6.45, 7) is 1.05. The number of nitro benzene ring substituents is 1. The molecule has 8 heteroatoms. The maximum atomic E-state index is 12.1. The number of nitro groups is 1. The average Bonchev–Trinajstić information content (AvgIpc) is 2.60. The van der Waals surface area contributed by atoms with E-state index >= 15 is 0 Å². The lowest BCUT2D eigenvalue weighted by molar-refractivity contribution is -0.384. The monoisotopic (exact) mass is 312 g/mol. The van der Waals surface area contributed by atoms with E-state index in [4.69, 9.17) is 0 Å². The van der Waals surface area contributed by atoms with Crippen molar-refractivity contribution in [3.8, 4) is 0 Å². The summed E-state index contributed by atoms with van der Waals surface area (Å²) in [7, 11) is -3.00. The van der Waals surface area contributed by atoms with Gasteiger partial charge in [0, 0.05) is 24.2 Å². The van der Waals surface area contributed by atoms with Gasteiger partial charge >= 0.3 is 0 Å². The minimum absolute atomic E-state index is 0.0626. The van der Waals surface area contributed by atoms with E-state index in [1.807, 2.05) is 4.90 Å². The van der Waals surface area contributed by atoms with E-state index in [9.17, 15) is 23.3 Å². The Kier molecular flexibility index (Phi) is 4.69. The number of ketones is 1. The van der Waals surface area contributed by atoms with Gasteiger partial charge in [-0.3, -0.25) is 19.8 Å². The van der Waals surface area contributed by atoms with Crippen molar-refractivity contribution in [3.05, 3.63) is 39.9 Å². The average molecular weight is 312 g/mol. The standard InChI is InChI=1S/C13H16N2O5S/c16-13(11-2-4-12(5-3-11)15(17)18)10-14-6-1-8-21(19,20)9-7-14/h2-5H,1,6-10H2. The third kappa shape index (κ3) is 4.33. The molecule has 1 aliphatic rings. The van der Waals surface area contributed by atoms with Gasteiger partial charge in [0.2, 0.25) is 0 Å². The molecule has 2 rings (SSSR count). The van der Waals surface area contributed by atoms with Crippen molar-refractivity contribution in [2.45, 2.75) is 6.42 Å². The van der Waals surface area contributed by atoms with Crippen LogP contribution in [0.15, 0.2) is 24.3 Å². The Morgan fingerprint density at radius 3 is 2.48 bits per heavy atom.